The second-order valence-electron chi connectivity index (χ2n) is 8.96. The number of benzene rings is 2. The lowest BCUT2D eigenvalue weighted by molar-refractivity contribution is 0.0927. The van der Waals surface area contributed by atoms with Crippen LogP contribution in [0, 0.1) is 0 Å². The largest absolute Gasteiger partial charge is 0.497 e. The van der Waals surface area contributed by atoms with Gasteiger partial charge in [0.15, 0.2) is 10.9 Å². The molecule has 10 heteroatoms. The van der Waals surface area contributed by atoms with Gasteiger partial charge in [-0.1, -0.05) is 31.0 Å². The van der Waals surface area contributed by atoms with E-state index in [1.165, 1.54) is 22.7 Å². The Morgan fingerprint density at radius 2 is 1.78 bits per heavy atom. The zero-order chi connectivity index (χ0) is 25.2. The second kappa shape index (κ2) is 10.1. The van der Waals surface area contributed by atoms with Crippen molar-refractivity contribution in [2.75, 3.05) is 12.9 Å². The number of carbonyl (C=O) groups is 2. The highest BCUT2D eigenvalue weighted by molar-refractivity contribution is 7.99. The summed E-state index contributed by atoms with van der Waals surface area (Å²) in [5, 5.41) is 12.5. The molecule has 2 aromatic heterocycles. The first-order valence-electron chi connectivity index (χ1n) is 11.9. The summed E-state index contributed by atoms with van der Waals surface area (Å²) in [6.07, 6.45) is 5.42. The Labute approximate surface area is 211 Å². The fourth-order valence-corrected chi connectivity index (χ4v) is 5.43. The molecule has 5 rings (SSSR count). The average molecular weight is 506 g/mol. The molecule has 0 saturated heterocycles. The molecular weight excluding hydrogens is 478 g/mol. The zero-order valence-corrected chi connectivity index (χ0v) is 21.0. The molecule has 0 unspecified atom stereocenters. The predicted octanol–water partition coefficient (Wildman–Crippen LogP) is 3.63. The molecule has 1 N–H and O–H groups in total. The summed E-state index contributed by atoms with van der Waals surface area (Å²) < 4.78 is 8.31. The number of methoxy groups -OCH3 is 1. The number of nitrogens with zero attached hydrogens (tertiary/aromatic N) is 4. The minimum Gasteiger partial charge on any atom is -0.497 e. The Kier molecular flexibility index (Phi) is 6.77. The zero-order valence-electron chi connectivity index (χ0n) is 20.2. The van der Waals surface area contributed by atoms with Gasteiger partial charge in [-0.05, 0) is 55.3 Å². The van der Waals surface area contributed by atoms with Crippen LogP contribution in [0.3, 0.4) is 0 Å². The summed E-state index contributed by atoms with van der Waals surface area (Å²) in [6, 6.07) is 12.2. The molecule has 1 aliphatic carbocycles. The van der Waals surface area contributed by atoms with Crippen LogP contribution in [0.25, 0.3) is 16.7 Å². The quantitative estimate of drug-likeness (QED) is 0.302. The molecule has 1 aliphatic rings. The summed E-state index contributed by atoms with van der Waals surface area (Å²) in [7, 11) is 3.21. The van der Waals surface area contributed by atoms with E-state index in [9.17, 15) is 14.4 Å². The van der Waals surface area contributed by atoms with Crippen LogP contribution in [0.2, 0.25) is 0 Å². The monoisotopic (exact) mass is 505 g/mol. The second-order valence-corrected chi connectivity index (χ2v) is 9.91. The van der Waals surface area contributed by atoms with Crippen molar-refractivity contribution in [1.82, 2.24) is 24.5 Å². The molecule has 9 nitrogen and oxygen atoms in total. The standard InChI is InChI=1S/C26H27N5O4S/c1-30-24(34)20-13-10-17(23(33)27-18-6-4-3-5-7-18)14-21(20)31-25(30)28-29-26(31)36-15-22(32)16-8-11-19(35-2)12-9-16/h8-14,18H,3-7,15H2,1-2H3,(H,27,33). The van der Waals surface area contributed by atoms with Gasteiger partial charge in [0.1, 0.15) is 5.75 Å². The number of fused-ring (bicyclic) bond motifs is 3. The van der Waals surface area contributed by atoms with E-state index in [0.717, 1.165) is 25.7 Å². The third kappa shape index (κ3) is 4.60. The van der Waals surface area contributed by atoms with Crippen molar-refractivity contribution in [3.63, 3.8) is 0 Å². The summed E-state index contributed by atoms with van der Waals surface area (Å²) in [5.41, 5.74) is 1.35. The molecule has 186 valence electrons. The molecule has 2 heterocycles. The van der Waals surface area contributed by atoms with Gasteiger partial charge in [0.2, 0.25) is 5.78 Å². The summed E-state index contributed by atoms with van der Waals surface area (Å²) in [5.74, 6) is 0.935. The van der Waals surface area contributed by atoms with Gasteiger partial charge in [0.05, 0.1) is 23.8 Å². The van der Waals surface area contributed by atoms with Crippen LogP contribution in [-0.2, 0) is 7.05 Å². The van der Waals surface area contributed by atoms with Crippen LogP contribution in [-0.4, -0.2) is 49.8 Å². The predicted molar refractivity (Wildman–Crippen MR) is 138 cm³/mol. The minimum absolute atomic E-state index is 0.0684. The van der Waals surface area contributed by atoms with Crippen molar-refractivity contribution < 1.29 is 14.3 Å². The highest BCUT2D eigenvalue weighted by atomic mass is 32.2. The van der Waals surface area contributed by atoms with Crippen LogP contribution in [0.1, 0.15) is 52.8 Å². The highest BCUT2D eigenvalue weighted by Crippen LogP contribution is 2.24. The van der Waals surface area contributed by atoms with Crippen LogP contribution in [0.5, 0.6) is 5.75 Å². The van der Waals surface area contributed by atoms with E-state index < -0.39 is 0 Å². The van der Waals surface area contributed by atoms with E-state index in [-0.39, 0.29) is 29.0 Å². The minimum atomic E-state index is -0.227. The first-order chi connectivity index (χ1) is 17.5. The Morgan fingerprint density at radius 3 is 2.50 bits per heavy atom. The van der Waals surface area contributed by atoms with Crippen molar-refractivity contribution in [2.24, 2.45) is 7.05 Å². The van der Waals surface area contributed by atoms with Crippen molar-refractivity contribution in [3.05, 3.63) is 63.9 Å². The molecule has 1 amide bonds. The van der Waals surface area contributed by atoms with E-state index in [1.54, 1.807) is 61.0 Å². The summed E-state index contributed by atoms with van der Waals surface area (Å²) >= 11 is 1.23. The van der Waals surface area contributed by atoms with Crippen LogP contribution < -0.4 is 15.6 Å². The van der Waals surface area contributed by atoms with Gasteiger partial charge in [0, 0.05) is 24.2 Å². The molecule has 0 radical (unpaired) electrons. The van der Waals surface area contributed by atoms with Gasteiger partial charge in [-0.3, -0.25) is 23.4 Å². The summed E-state index contributed by atoms with van der Waals surface area (Å²) in [4.78, 5) is 38.7. The van der Waals surface area contributed by atoms with Gasteiger partial charge in [0.25, 0.3) is 11.5 Å². The van der Waals surface area contributed by atoms with Gasteiger partial charge < -0.3 is 10.1 Å². The third-order valence-electron chi connectivity index (χ3n) is 6.64. The number of hydrogen-bond donors (Lipinski definition) is 1. The Bertz CT molecular complexity index is 1500. The van der Waals surface area contributed by atoms with Crippen molar-refractivity contribution in [2.45, 2.75) is 43.3 Å². The van der Waals surface area contributed by atoms with E-state index in [4.69, 9.17) is 4.74 Å². The van der Waals surface area contributed by atoms with E-state index in [1.807, 2.05) is 0 Å². The maximum atomic E-state index is 13.0. The van der Waals surface area contributed by atoms with Crippen molar-refractivity contribution in [1.29, 1.82) is 0 Å². The Balaban J connectivity index is 1.47. The molecule has 0 spiro atoms. The maximum absolute atomic E-state index is 13.0. The van der Waals surface area contributed by atoms with Crippen LogP contribution in [0.15, 0.2) is 52.4 Å². The molecule has 0 bridgehead atoms. The smallest absolute Gasteiger partial charge is 0.262 e. The highest BCUT2D eigenvalue weighted by Gasteiger charge is 2.20. The number of aryl methyl sites for hydroxylation is 1. The molecular formula is C26H27N5O4S. The van der Waals surface area contributed by atoms with E-state index in [2.05, 4.69) is 15.5 Å². The molecule has 1 saturated carbocycles. The first-order valence-corrected chi connectivity index (χ1v) is 12.9. The number of carbonyl (C=O) groups excluding carboxylic acids is 2. The number of ether oxygens (including phenoxy) is 1. The van der Waals surface area contributed by atoms with Gasteiger partial charge >= 0.3 is 0 Å². The number of thioether (sulfide) groups is 1. The number of aromatic nitrogens is 4. The number of amides is 1. The van der Waals surface area contributed by atoms with Gasteiger partial charge in [-0.15, -0.1) is 10.2 Å². The SMILES string of the molecule is COc1ccc(C(=O)CSc2nnc3n(C)c(=O)c4ccc(C(=O)NC5CCCCC5)cc4n23)cc1. The lowest BCUT2D eigenvalue weighted by Crippen LogP contribution is -2.36. The summed E-state index contributed by atoms with van der Waals surface area (Å²) in [6.45, 7) is 0. The topological polar surface area (TPSA) is 108 Å². The Hall–Kier alpha value is -3.66. The average Bonchev–Trinajstić information content (AvgIpc) is 3.35. The van der Waals surface area contributed by atoms with Crippen LogP contribution >= 0.6 is 11.8 Å². The molecule has 0 aliphatic heterocycles. The molecule has 36 heavy (non-hydrogen) atoms. The molecule has 2 aromatic carbocycles. The first kappa shape index (κ1) is 24.1. The van der Waals surface area contributed by atoms with E-state index in [0.29, 0.717) is 38.7 Å². The number of rotatable bonds is 7. The number of Topliss-reactive ketones (excluding diaryl/α,β-unsaturated/α-hetero) is 1. The molecule has 0 atom stereocenters. The number of nitrogens with one attached hydrogen (secondary N) is 1. The molecule has 4 aromatic rings. The van der Waals surface area contributed by atoms with Crippen molar-refractivity contribution >= 4 is 40.1 Å². The number of ketones is 1. The van der Waals surface area contributed by atoms with Gasteiger partial charge in [-0.25, -0.2) is 0 Å². The lowest BCUT2D eigenvalue weighted by Gasteiger charge is -2.22. The molecule has 1 fully saturated rings. The number of hydrogen-bond acceptors (Lipinski definition) is 7. The third-order valence-corrected chi connectivity index (χ3v) is 7.57. The maximum Gasteiger partial charge on any atom is 0.262 e. The normalized spacial score (nSPS) is 14.3. The van der Waals surface area contributed by atoms with Gasteiger partial charge in [-0.2, -0.15) is 0 Å². The van der Waals surface area contributed by atoms with E-state index >= 15 is 0 Å². The van der Waals surface area contributed by atoms with Crippen LogP contribution in [0.4, 0.5) is 0 Å². The lowest BCUT2D eigenvalue weighted by atomic mass is 9.95. The fraction of sp³-hybridized carbons (Fsp3) is 0.346. The van der Waals surface area contributed by atoms with Crippen molar-refractivity contribution in [3.8, 4) is 5.75 Å². The fourth-order valence-electron chi connectivity index (χ4n) is 4.60. The Morgan fingerprint density at radius 1 is 1.06 bits per heavy atom.